The predicted molar refractivity (Wildman–Crippen MR) is 66.8 cm³/mol. The standard InChI is InChI=1S/C13H19N3O/c1-8(9-2-3-9)15-13(17)12-6-10(14)7-16(12)11-4-5-11/h6-9,11H,2-5,14H2,1H3,(H,15,17). The molecule has 92 valence electrons. The molecule has 3 N–H and O–H groups in total. The van der Waals surface area contributed by atoms with Gasteiger partial charge >= 0.3 is 0 Å². The van der Waals surface area contributed by atoms with Crippen LogP contribution in [0.5, 0.6) is 0 Å². The van der Waals surface area contributed by atoms with Crippen LogP contribution >= 0.6 is 0 Å². The van der Waals surface area contributed by atoms with Gasteiger partial charge in [0.2, 0.25) is 0 Å². The summed E-state index contributed by atoms with van der Waals surface area (Å²) >= 11 is 0. The molecule has 0 bridgehead atoms. The molecule has 1 amide bonds. The minimum Gasteiger partial charge on any atom is -0.397 e. The van der Waals surface area contributed by atoms with Gasteiger partial charge in [0.15, 0.2) is 0 Å². The minimum atomic E-state index is 0.0213. The quantitative estimate of drug-likeness (QED) is 0.834. The van der Waals surface area contributed by atoms with Gasteiger partial charge < -0.3 is 15.6 Å². The van der Waals surface area contributed by atoms with Crippen molar-refractivity contribution in [1.29, 1.82) is 0 Å². The molecule has 2 aliphatic carbocycles. The maximum atomic E-state index is 12.2. The number of nitrogens with zero attached hydrogens (tertiary/aromatic N) is 1. The summed E-state index contributed by atoms with van der Waals surface area (Å²) in [6, 6.07) is 2.56. The number of nitrogen functional groups attached to an aromatic ring is 1. The van der Waals surface area contributed by atoms with E-state index in [1.807, 2.05) is 10.8 Å². The van der Waals surface area contributed by atoms with Gasteiger partial charge in [-0.15, -0.1) is 0 Å². The van der Waals surface area contributed by atoms with Crippen molar-refractivity contribution in [3.05, 3.63) is 18.0 Å². The zero-order valence-corrected chi connectivity index (χ0v) is 10.1. The van der Waals surface area contributed by atoms with Crippen molar-refractivity contribution >= 4 is 11.6 Å². The van der Waals surface area contributed by atoms with Gasteiger partial charge in [-0.2, -0.15) is 0 Å². The highest BCUT2D eigenvalue weighted by Crippen LogP contribution is 2.37. The maximum absolute atomic E-state index is 12.2. The van der Waals surface area contributed by atoms with E-state index in [0.717, 1.165) is 18.5 Å². The molecule has 2 aliphatic rings. The van der Waals surface area contributed by atoms with Crippen LogP contribution in [0.1, 0.15) is 49.1 Å². The van der Waals surface area contributed by atoms with E-state index in [1.54, 1.807) is 6.07 Å². The average Bonchev–Trinajstić information content (AvgIpc) is 3.14. The third-order valence-electron chi connectivity index (χ3n) is 3.73. The number of nitrogens with two attached hydrogens (primary N) is 1. The topological polar surface area (TPSA) is 60.1 Å². The van der Waals surface area contributed by atoms with E-state index in [1.165, 1.54) is 12.8 Å². The lowest BCUT2D eigenvalue weighted by atomic mass is 10.2. The Balaban J connectivity index is 1.75. The smallest absolute Gasteiger partial charge is 0.268 e. The fraction of sp³-hybridized carbons (Fsp3) is 0.615. The van der Waals surface area contributed by atoms with Gasteiger partial charge in [-0.1, -0.05) is 0 Å². The van der Waals surface area contributed by atoms with Gasteiger partial charge in [-0.25, -0.2) is 0 Å². The number of anilines is 1. The number of amides is 1. The Morgan fingerprint density at radius 3 is 2.76 bits per heavy atom. The van der Waals surface area contributed by atoms with Crippen LogP contribution in [-0.2, 0) is 0 Å². The summed E-state index contributed by atoms with van der Waals surface area (Å²) < 4.78 is 2.03. The molecule has 0 saturated heterocycles. The Labute approximate surface area is 101 Å². The number of hydrogen-bond donors (Lipinski definition) is 2. The lowest BCUT2D eigenvalue weighted by molar-refractivity contribution is 0.0926. The number of carbonyl (C=O) groups excluding carboxylic acids is 1. The lowest BCUT2D eigenvalue weighted by Gasteiger charge is -2.14. The van der Waals surface area contributed by atoms with Crippen molar-refractivity contribution in [2.24, 2.45) is 5.92 Å². The molecule has 2 saturated carbocycles. The first-order chi connectivity index (χ1) is 8.15. The second kappa shape index (κ2) is 3.79. The third kappa shape index (κ3) is 2.16. The summed E-state index contributed by atoms with van der Waals surface area (Å²) in [5.74, 6) is 0.702. The molecule has 3 rings (SSSR count). The van der Waals surface area contributed by atoms with Crippen molar-refractivity contribution in [3.8, 4) is 0 Å². The average molecular weight is 233 g/mol. The minimum absolute atomic E-state index is 0.0213. The van der Waals surface area contributed by atoms with Crippen LogP contribution in [0.3, 0.4) is 0 Å². The van der Waals surface area contributed by atoms with E-state index in [9.17, 15) is 4.79 Å². The van der Waals surface area contributed by atoms with Crippen LogP contribution < -0.4 is 11.1 Å². The van der Waals surface area contributed by atoms with Gasteiger partial charge in [-0.05, 0) is 44.6 Å². The SMILES string of the molecule is CC(NC(=O)c1cc(N)cn1C1CC1)C1CC1. The summed E-state index contributed by atoms with van der Waals surface area (Å²) in [5, 5.41) is 3.08. The van der Waals surface area contributed by atoms with Crippen molar-refractivity contribution in [3.63, 3.8) is 0 Å². The first-order valence-electron chi connectivity index (χ1n) is 6.43. The molecule has 1 aromatic heterocycles. The van der Waals surface area contributed by atoms with E-state index in [2.05, 4.69) is 12.2 Å². The van der Waals surface area contributed by atoms with Gasteiger partial charge in [-0.3, -0.25) is 4.79 Å². The van der Waals surface area contributed by atoms with E-state index in [-0.39, 0.29) is 11.9 Å². The zero-order chi connectivity index (χ0) is 12.0. The van der Waals surface area contributed by atoms with Gasteiger partial charge in [0.1, 0.15) is 5.69 Å². The molecular formula is C13H19N3O. The highest BCUT2D eigenvalue weighted by atomic mass is 16.2. The fourth-order valence-corrected chi connectivity index (χ4v) is 2.33. The third-order valence-corrected chi connectivity index (χ3v) is 3.73. The Kier molecular flexibility index (Phi) is 2.38. The molecule has 4 heteroatoms. The largest absolute Gasteiger partial charge is 0.397 e. The fourth-order valence-electron chi connectivity index (χ4n) is 2.33. The number of carbonyl (C=O) groups is 1. The summed E-state index contributed by atoms with van der Waals surface area (Å²) in [6.07, 6.45) is 6.69. The molecule has 0 radical (unpaired) electrons. The Hall–Kier alpha value is -1.45. The monoisotopic (exact) mass is 233 g/mol. The molecule has 2 fully saturated rings. The van der Waals surface area contributed by atoms with E-state index >= 15 is 0 Å². The Morgan fingerprint density at radius 2 is 2.18 bits per heavy atom. The van der Waals surface area contributed by atoms with Gasteiger partial charge in [0.25, 0.3) is 5.91 Å². The highest BCUT2D eigenvalue weighted by Gasteiger charge is 2.31. The van der Waals surface area contributed by atoms with Gasteiger partial charge in [0.05, 0.1) is 5.69 Å². The van der Waals surface area contributed by atoms with E-state index in [4.69, 9.17) is 5.73 Å². The number of hydrogen-bond acceptors (Lipinski definition) is 2. The lowest BCUT2D eigenvalue weighted by Crippen LogP contribution is -2.35. The van der Waals surface area contributed by atoms with Crippen molar-refractivity contribution in [2.45, 2.75) is 44.7 Å². The Bertz CT molecular complexity index is 444. The molecule has 1 atom stereocenters. The van der Waals surface area contributed by atoms with Crippen LogP contribution in [0.15, 0.2) is 12.3 Å². The second-order valence-corrected chi connectivity index (χ2v) is 5.40. The molecule has 1 aromatic rings. The van der Waals surface area contributed by atoms with Crippen molar-refractivity contribution in [2.75, 3.05) is 5.73 Å². The van der Waals surface area contributed by atoms with E-state index in [0.29, 0.717) is 17.6 Å². The first kappa shape index (κ1) is 10.7. The summed E-state index contributed by atoms with van der Waals surface area (Å²) in [4.78, 5) is 12.2. The summed E-state index contributed by atoms with van der Waals surface area (Å²) in [6.45, 7) is 2.09. The number of nitrogens with one attached hydrogen (secondary N) is 1. The zero-order valence-electron chi connectivity index (χ0n) is 10.1. The number of aromatic nitrogens is 1. The van der Waals surface area contributed by atoms with Crippen LogP contribution in [-0.4, -0.2) is 16.5 Å². The molecule has 1 heterocycles. The summed E-state index contributed by atoms with van der Waals surface area (Å²) in [7, 11) is 0. The van der Waals surface area contributed by atoms with Crippen LogP contribution in [0.25, 0.3) is 0 Å². The first-order valence-corrected chi connectivity index (χ1v) is 6.43. The Morgan fingerprint density at radius 1 is 1.47 bits per heavy atom. The molecule has 0 aromatic carbocycles. The molecule has 0 spiro atoms. The predicted octanol–water partition coefficient (Wildman–Crippen LogP) is 1.93. The van der Waals surface area contributed by atoms with Crippen LogP contribution in [0, 0.1) is 5.92 Å². The van der Waals surface area contributed by atoms with E-state index < -0.39 is 0 Å². The van der Waals surface area contributed by atoms with Crippen molar-refractivity contribution in [1.82, 2.24) is 9.88 Å². The highest BCUT2D eigenvalue weighted by molar-refractivity contribution is 5.94. The molecular weight excluding hydrogens is 214 g/mol. The molecule has 1 unspecified atom stereocenters. The van der Waals surface area contributed by atoms with Crippen LogP contribution in [0.2, 0.25) is 0 Å². The molecule has 4 nitrogen and oxygen atoms in total. The van der Waals surface area contributed by atoms with Crippen molar-refractivity contribution < 1.29 is 4.79 Å². The second-order valence-electron chi connectivity index (χ2n) is 5.40. The maximum Gasteiger partial charge on any atom is 0.268 e. The molecule has 17 heavy (non-hydrogen) atoms. The van der Waals surface area contributed by atoms with Gasteiger partial charge in [0, 0.05) is 18.3 Å². The molecule has 0 aliphatic heterocycles. The van der Waals surface area contributed by atoms with Crippen LogP contribution in [0.4, 0.5) is 5.69 Å². The normalized spacial score (nSPS) is 21.2. The summed E-state index contributed by atoms with van der Waals surface area (Å²) in [5.41, 5.74) is 7.19. The number of rotatable bonds is 4.